The number of carbonyl (C=O) groups excluding carboxylic acids is 2. The molecule has 0 aliphatic carbocycles. The summed E-state index contributed by atoms with van der Waals surface area (Å²) in [7, 11) is 1.63. The van der Waals surface area contributed by atoms with Gasteiger partial charge in [0.15, 0.2) is 11.2 Å². The van der Waals surface area contributed by atoms with Crippen LogP contribution in [0.4, 0.5) is 5.13 Å². The third-order valence-corrected chi connectivity index (χ3v) is 5.70. The topological polar surface area (TPSA) is 77.5 Å². The first kappa shape index (κ1) is 19.4. The van der Waals surface area contributed by atoms with Gasteiger partial charge in [0.25, 0.3) is 5.91 Å². The first-order valence-corrected chi connectivity index (χ1v) is 10.1. The molecule has 1 aliphatic rings. The predicted molar refractivity (Wildman–Crippen MR) is 111 cm³/mol. The van der Waals surface area contributed by atoms with E-state index in [1.807, 2.05) is 24.3 Å². The van der Waals surface area contributed by atoms with Gasteiger partial charge in [-0.2, -0.15) is 0 Å². The lowest BCUT2D eigenvalue weighted by atomic mass is 9.98. The van der Waals surface area contributed by atoms with Gasteiger partial charge in [-0.15, -0.1) is 11.3 Å². The van der Waals surface area contributed by atoms with E-state index in [4.69, 9.17) is 21.1 Å². The molecule has 2 heterocycles. The highest BCUT2D eigenvalue weighted by Crippen LogP contribution is 2.26. The normalized spacial score (nSPS) is 15.4. The maximum absolute atomic E-state index is 12.6. The molecule has 148 valence electrons. The SMILES string of the molecule is COc1ccc(Cc2cnc(NC(=O)C3Cc4cc(Cl)ccc4C(=O)O3)s2)cc1. The van der Waals surface area contributed by atoms with Gasteiger partial charge < -0.3 is 9.47 Å². The van der Waals surface area contributed by atoms with E-state index in [9.17, 15) is 9.59 Å². The number of benzene rings is 2. The van der Waals surface area contributed by atoms with Crippen molar-refractivity contribution >= 4 is 39.9 Å². The van der Waals surface area contributed by atoms with E-state index in [2.05, 4.69) is 10.3 Å². The first-order valence-electron chi connectivity index (χ1n) is 8.90. The molecule has 0 bridgehead atoms. The molecule has 1 N–H and O–H groups in total. The maximum Gasteiger partial charge on any atom is 0.339 e. The van der Waals surface area contributed by atoms with Crippen molar-refractivity contribution in [3.8, 4) is 5.75 Å². The second-order valence-corrected chi connectivity index (χ2v) is 8.10. The number of carbonyl (C=O) groups is 2. The molecule has 8 heteroatoms. The van der Waals surface area contributed by atoms with Crippen LogP contribution in [0.1, 0.15) is 26.4 Å². The van der Waals surface area contributed by atoms with Crippen molar-refractivity contribution in [3.63, 3.8) is 0 Å². The number of nitrogens with one attached hydrogen (secondary N) is 1. The summed E-state index contributed by atoms with van der Waals surface area (Å²) in [6.07, 6.45) is 1.79. The maximum atomic E-state index is 12.6. The smallest absolute Gasteiger partial charge is 0.339 e. The molecule has 1 aromatic heterocycles. The molecule has 0 radical (unpaired) electrons. The number of methoxy groups -OCH3 is 1. The molecular weight excluding hydrogens is 412 g/mol. The quantitative estimate of drug-likeness (QED) is 0.618. The van der Waals surface area contributed by atoms with Crippen LogP contribution in [0.3, 0.4) is 0 Å². The Hall–Kier alpha value is -2.90. The van der Waals surface area contributed by atoms with Gasteiger partial charge in [0, 0.05) is 28.9 Å². The summed E-state index contributed by atoms with van der Waals surface area (Å²) in [5, 5.41) is 3.72. The third kappa shape index (κ3) is 4.41. The lowest BCUT2D eigenvalue weighted by molar-refractivity contribution is -0.125. The predicted octanol–water partition coefficient (Wildman–Crippen LogP) is 4.12. The van der Waals surface area contributed by atoms with E-state index in [0.29, 0.717) is 27.7 Å². The summed E-state index contributed by atoms with van der Waals surface area (Å²) in [4.78, 5) is 30.0. The number of hydrogen-bond donors (Lipinski definition) is 1. The Morgan fingerprint density at radius 3 is 2.86 bits per heavy atom. The van der Waals surface area contributed by atoms with Crippen LogP contribution in [-0.2, 0) is 22.4 Å². The van der Waals surface area contributed by atoms with E-state index in [1.165, 1.54) is 11.3 Å². The van der Waals surface area contributed by atoms with Gasteiger partial charge in [-0.25, -0.2) is 9.78 Å². The van der Waals surface area contributed by atoms with Crippen LogP contribution in [0.2, 0.25) is 5.02 Å². The first-order chi connectivity index (χ1) is 14.0. The van der Waals surface area contributed by atoms with E-state index in [-0.39, 0.29) is 6.42 Å². The molecular formula is C21H17ClN2O4S. The highest BCUT2D eigenvalue weighted by Gasteiger charge is 2.31. The Morgan fingerprint density at radius 1 is 1.31 bits per heavy atom. The lowest BCUT2D eigenvalue weighted by Crippen LogP contribution is -2.37. The van der Waals surface area contributed by atoms with Gasteiger partial charge in [0.2, 0.25) is 0 Å². The number of esters is 1. The Balaban J connectivity index is 1.41. The minimum Gasteiger partial charge on any atom is -0.497 e. The Labute approximate surface area is 176 Å². The van der Waals surface area contributed by atoms with Gasteiger partial charge >= 0.3 is 5.97 Å². The van der Waals surface area contributed by atoms with Crippen LogP contribution < -0.4 is 10.1 Å². The van der Waals surface area contributed by atoms with E-state index >= 15 is 0 Å². The number of ether oxygens (including phenoxy) is 2. The van der Waals surface area contributed by atoms with Crippen LogP contribution in [-0.4, -0.2) is 30.1 Å². The molecule has 1 unspecified atom stereocenters. The standard InChI is InChI=1S/C21H17ClN2O4S/c1-27-15-5-2-12(3-6-15)8-16-11-23-21(29-16)24-19(25)18-10-13-9-14(22)4-7-17(13)20(26)28-18/h2-7,9,11,18H,8,10H2,1H3,(H,23,24,25). The zero-order valence-corrected chi connectivity index (χ0v) is 17.0. The van der Waals surface area contributed by atoms with Crippen molar-refractivity contribution in [1.29, 1.82) is 0 Å². The fourth-order valence-corrected chi connectivity index (χ4v) is 4.13. The highest BCUT2D eigenvalue weighted by atomic mass is 35.5. The largest absolute Gasteiger partial charge is 0.497 e. The molecule has 29 heavy (non-hydrogen) atoms. The summed E-state index contributed by atoms with van der Waals surface area (Å²) < 4.78 is 10.4. The van der Waals surface area contributed by atoms with Crippen LogP contribution in [0.5, 0.6) is 5.75 Å². The number of halogens is 1. The van der Waals surface area contributed by atoms with Crippen molar-refractivity contribution in [2.24, 2.45) is 0 Å². The molecule has 4 rings (SSSR count). The lowest BCUT2D eigenvalue weighted by Gasteiger charge is -2.23. The molecule has 2 aromatic carbocycles. The molecule has 0 spiro atoms. The van der Waals surface area contributed by atoms with Gasteiger partial charge in [-0.1, -0.05) is 23.7 Å². The van der Waals surface area contributed by atoms with E-state index in [1.54, 1.807) is 31.5 Å². The molecule has 0 fully saturated rings. The molecule has 0 saturated carbocycles. The fourth-order valence-electron chi connectivity index (χ4n) is 3.09. The van der Waals surface area contributed by atoms with Crippen LogP contribution in [0.15, 0.2) is 48.7 Å². The van der Waals surface area contributed by atoms with Gasteiger partial charge in [0.05, 0.1) is 12.7 Å². The summed E-state index contributed by atoms with van der Waals surface area (Å²) in [6, 6.07) is 12.7. The number of hydrogen-bond acceptors (Lipinski definition) is 6. The molecule has 1 atom stereocenters. The average molecular weight is 429 g/mol. The second-order valence-electron chi connectivity index (χ2n) is 6.55. The van der Waals surface area contributed by atoms with Crippen molar-refractivity contribution in [2.75, 3.05) is 12.4 Å². The zero-order valence-electron chi connectivity index (χ0n) is 15.5. The Morgan fingerprint density at radius 2 is 2.10 bits per heavy atom. The van der Waals surface area contributed by atoms with E-state index < -0.39 is 18.0 Å². The van der Waals surface area contributed by atoms with Gasteiger partial charge in [0.1, 0.15) is 5.75 Å². The number of rotatable bonds is 5. The van der Waals surface area contributed by atoms with Crippen LogP contribution >= 0.6 is 22.9 Å². The number of amides is 1. The van der Waals surface area contributed by atoms with Crippen molar-refractivity contribution < 1.29 is 19.1 Å². The van der Waals surface area contributed by atoms with Gasteiger partial charge in [-0.3, -0.25) is 10.1 Å². The fraction of sp³-hybridized carbons (Fsp3) is 0.190. The zero-order chi connectivity index (χ0) is 20.4. The number of anilines is 1. The van der Waals surface area contributed by atoms with Crippen molar-refractivity contribution in [3.05, 3.63) is 75.3 Å². The average Bonchev–Trinajstić information content (AvgIpc) is 3.14. The summed E-state index contributed by atoms with van der Waals surface area (Å²) in [5.41, 5.74) is 2.25. The number of nitrogens with zero attached hydrogens (tertiary/aromatic N) is 1. The Bertz CT molecular complexity index is 1060. The molecule has 1 amide bonds. The monoisotopic (exact) mass is 428 g/mol. The number of thiazole rings is 1. The summed E-state index contributed by atoms with van der Waals surface area (Å²) in [6.45, 7) is 0. The molecule has 6 nitrogen and oxygen atoms in total. The van der Waals surface area contributed by atoms with E-state index in [0.717, 1.165) is 16.2 Å². The minimum atomic E-state index is -0.914. The number of aromatic nitrogens is 1. The molecule has 1 aliphatic heterocycles. The number of cyclic esters (lactones) is 1. The van der Waals surface area contributed by atoms with Crippen molar-refractivity contribution in [2.45, 2.75) is 18.9 Å². The summed E-state index contributed by atoms with van der Waals surface area (Å²) >= 11 is 7.38. The van der Waals surface area contributed by atoms with Crippen LogP contribution in [0.25, 0.3) is 0 Å². The van der Waals surface area contributed by atoms with Gasteiger partial charge in [-0.05, 0) is 41.5 Å². The van der Waals surface area contributed by atoms with Crippen LogP contribution in [0, 0.1) is 0 Å². The number of fused-ring (bicyclic) bond motifs is 1. The van der Waals surface area contributed by atoms with Crippen molar-refractivity contribution in [1.82, 2.24) is 4.98 Å². The minimum absolute atomic E-state index is 0.275. The summed E-state index contributed by atoms with van der Waals surface area (Å²) in [5.74, 6) is -0.132. The third-order valence-electron chi connectivity index (χ3n) is 4.56. The molecule has 3 aromatic rings. The Kier molecular flexibility index (Phi) is 5.51. The molecule has 0 saturated heterocycles. The second kappa shape index (κ2) is 8.23. The highest BCUT2D eigenvalue weighted by molar-refractivity contribution is 7.15.